The molecule has 1 unspecified atom stereocenters. The van der Waals surface area contributed by atoms with Crippen molar-refractivity contribution >= 4 is 40.0 Å². The Morgan fingerprint density at radius 2 is 1.84 bits per heavy atom. The van der Waals surface area contributed by atoms with Crippen molar-refractivity contribution in [1.82, 2.24) is 14.5 Å². The van der Waals surface area contributed by atoms with E-state index < -0.39 is 16.1 Å². The summed E-state index contributed by atoms with van der Waals surface area (Å²) in [7, 11) is -3.35. The van der Waals surface area contributed by atoms with Gasteiger partial charge < -0.3 is 20.1 Å². The highest BCUT2D eigenvalue weighted by molar-refractivity contribution is 14.0. The van der Waals surface area contributed by atoms with E-state index in [2.05, 4.69) is 10.3 Å². The van der Waals surface area contributed by atoms with Crippen LogP contribution in [-0.2, 0) is 14.8 Å². The van der Waals surface area contributed by atoms with Gasteiger partial charge in [0.05, 0.1) is 31.1 Å². The molecule has 1 fully saturated rings. The fourth-order valence-electron chi connectivity index (χ4n) is 3.09. The van der Waals surface area contributed by atoms with E-state index in [1.807, 2.05) is 25.7 Å². The van der Waals surface area contributed by atoms with Crippen LogP contribution in [0, 0.1) is 5.82 Å². The van der Waals surface area contributed by atoms with Gasteiger partial charge in [-0.3, -0.25) is 4.99 Å². The molecule has 31 heavy (non-hydrogen) atoms. The zero-order valence-electron chi connectivity index (χ0n) is 18.3. The number of piperazine rings is 1. The van der Waals surface area contributed by atoms with E-state index in [9.17, 15) is 17.9 Å². The number of hydrogen-bond donors (Lipinski definition) is 2. The highest BCUT2D eigenvalue weighted by atomic mass is 127. The van der Waals surface area contributed by atoms with E-state index in [4.69, 9.17) is 4.74 Å². The predicted octanol–water partition coefficient (Wildman–Crippen LogP) is 1.81. The van der Waals surface area contributed by atoms with Crippen LogP contribution in [-0.4, -0.2) is 86.4 Å². The SMILES string of the molecule is CCNC(=NCC(O)c1ccc(F)cc1)N1CCN(S(=O)(=O)CCOC(C)C)CC1.I. The zero-order chi connectivity index (χ0) is 22.1. The number of aliphatic imine (C=N–C) groups is 1. The summed E-state index contributed by atoms with van der Waals surface area (Å²) in [6.07, 6.45) is -0.844. The van der Waals surface area contributed by atoms with Crippen LogP contribution in [0.15, 0.2) is 29.3 Å². The van der Waals surface area contributed by atoms with Crippen molar-refractivity contribution in [3.05, 3.63) is 35.6 Å². The number of nitrogens with one attached hydrogen (secondary N) is 1. The van der Waals surface area contributed by atoms with Crippen molar-refractivity contribution in [3.63, 3.8) is 0 Å². The third-order valence-electron chi connectivity index (χ3n) is 4.73. The Bertz CT molecular complexity index is 785. The van der Waals surface area contributed by atoms with Crippen LogP contribution in [0.25, 0.3) is 0 Å². The molecular formula is C20H34FIN4O4S. The van der Waals surface area contributed by atoms with Gasteiger partial charge in [-0.2, -0.15) is 4.31 Å². The van der Waals surface area contributed by atoms with E-state index in [1.165, 1.54) is 28.6 Å². The van der Waals surface area contributed by atoms with Crippen molar-refractivity contribution in [3.8, 4) is 0 Å². The van der Waals surface area contributed by atoms with Gasteiger partial charge in [0.25, 0.3) is 0 Å². The maximum atomic E-state index is 13.0. The lowest BCUT2D eigenvalue weighted by atomic mass is 10.1. The Morgan fingerprint density at radius 1 is 1.23 bits per heavy atom. The first-order valence-corrected chi connectivity index (χ1v) is 11.9. The normalized spacial score (nSPS) is 16.8. The Balaban J connectivity index is 0.00000480. The number of ether oxygens (including phenoxy) is 1. The average molecular weight is 572 g/mol. The second-order valence-corrected chi connectivity index (χ2v) is 9.47. The topological polar surface area (TPSA) is 94.5 Å². The first-order chi connectivity index (χ1) is 14.2. The molecule has 0 bridgehead atoms. The van der Waals surface area contributed by atoms with Crippen molar-refractivity contribution in [2.24, 2.45) is 4.99 Å². The number of aliphatic hydroxyl groups excluding tert-OH is 1. The molecule has 1 aliphatic rings. The number of aliphatic hydroxyl groups is 1. The molecule has 1 aromatic rings. The van der Waals surface area contributed by atoms with Gasteiger partial charge in [0.2, 0.25) is 10.0 Å². The van der Waals surface area contributed by atoms with Gasteiger partial charge in [-0.25, -0.2) is 12.8 Å². The van der Waals surface area contributed by atoms with Gasteiger partial charge in [-0.05, 0) is 38.5 Å². The Labute approximate surface area is 201 Å². The van der Waals surface area contributed by atoms with Crippen molar-refractivity contribution in [1.29, 1.82) is 0 Å². The molecule has 1 aromatic carbocycles. The van der Waals surface area contributed by atoms with Crippen molar-refractivity contribution in [2.75, 3.05) is 51.6 Å². The molecule has 0 spiro atoms. The Hall–Kier alpha value is -1.02. The molecular weight excluding hydrogens is 538 g/mol. The third kappa shape index (κ3) is 9.16. The van der Waals surface area contributed by atoms with Crippen LogP contribution in [0.1, 0.15) is 32.4 Å². The minimum atomic E-state index is -3.35. The lowest BCUT2D eigenvalue weighted by Gasteiger charge is -2.36. The summed E-state index contributed by atoms with van der Waals surface area (Å²) in [6.45, 7) is 8.40. The summed E-state index contributed by atoms with van der Waals surface area (Å²) in [4.78, 5) is 6.48. The van der Waals surface area contributed by atoms with Gasteiger partial charge in [0, 0.05) is 32.7 Å². The van der Waals surface area contributed by atoms with Gasteiger partial charge in [-0.15, -0.1) is 24.0 Å². The molecule has 0 aromatic heterocycles. The van der Waals surface area contributed by atoms with E-state index >= 15 is 0 Å². The monoisotopic (exact) mass is 572 g/mol. The number of nitrogens with zero attached hydrogens (tertiary/aromatic N) is 3. The lowest BCUT2D eigenvalue weighted by molar-refractivity contribution is 0.0904. The van der Waals surface area contributed by atoms with Gasteiger partial charge in [0.1, 0.15) is 5.82 Å². The van der Waals surface area contributed by atoms with Crippen LogP contribution >= 0.6 is 24.0 Å². The molecule has 0 saturated carbocycles. The molecule has 2 N–H and O–H groups in total. The Kier molecular flexibility index (Phi) is 12.2. The smallest absolute Gasteiger partial charge is 0.216 e. The summed E-state index contributed by atoms with van der Waals surface area (Å²) in [6, 6.07) is 5.68. The molecule has 0 radical (unpaired) electrons. The minimum absolute atomic E-state index is 0. The molecule has 2 rings (SSSR count). The standard InChI is InChI=1S/C20H33FN4O4S.HI/c1-4-22-20(23-15-19(26)17-5-7-18(21)8-6-17)24-9-11-25(12-10-24)30(27,28)14-13-29-16(2)3;/h5-8,16,19,26H,4,9-15H2,1-3H3,(H,22,23);1H. The molecule has 1 heterocycles. The van der Waals surface area contributed by atoms with Crippen LogP contribution in [0.2, 0.25) is 0 Å². The number of hydrogen-bond acceptors (Lipinski definition) is 5. The van der Waals surface area contributed by atoms with Crippen LogP contribution < -0.4 is 5.32 Å². The first-order valence-electron chi connectivity index (χ1n) is 10.3. The van der Waals surface area contributed by atoms with Crippen LogP contribution in [0.5, 0.6) is 0 Å². The number of sulfonamides is 1. The molecule has 8 nitrogen and oxygen atoms in total. The van der Waals surface area contributed by atoms with Gasteiger partial charge in [0.15, 0.2) is 5.96 Å². The predicted molar refractivity (Wildman–Crippen MR) is 131 cm³/mol. The number of halogens is 2. The second-order valence-electron chi connectivity index (χ2n) is 7.38. The molecule has 1 saturated heterocycles. The quantitative estimate of drug-likeness (QED) is 0.267. The van der Waals surface area contributed by atoms with E-state index in [1.54, 1.807) is 0 Å². The summed E-state index contributed by atoms with van der Waals surface area (Å²) in [5, 5.41) is 13.5. The molecule has 0 amide bonds. The molecule has 11 heteroatoms. The Morgan fingerprint density at radius 3 is 2.39 bits per heavy atom. The fourth-order valence-corrected chi connectivity index (χ4v) is 4.37. The summed E-state index contributed by atoms with van der Waals surface area (Å²) >= 11 is 0. The number of rotatable bonds is 9. The molecule has 1 atom stereocenters. The summed E-state index contributed by atoms with van der Waals surface area (Å²) in [5.41, 5.74) is 0.593. The van der Waals surface area contributed by atoms with E-state index in [-0.39, 0.29) is 54.8 Å². The van der Waals surface area contributed by atoms with Crippen LogP contribution in [0.4, 0.5) is 4.39 Å². The molecule has 178 valence electrons. The number of benzene rings is 1. The maximum Gasteiger partial charge on any atom is 0.216 e. The highest BCUT2D eigenvalue weighted by Gasteiger charge is 2.28. The van der Waals surface area contributed by atoms with E-state index in [0.717, 1.165) is 0 Å². The van der Waals surface area contributed by atoms with Crippen LogP contribution in [0.3, 0.4) is 0 Å². The maximum absolute atomic E-state index is 13.0. The average Bonchev–Trinajstić information content (AvgIpc) is 2.71. The second kappa shape index (κ2) is 13.5. The van der Waals surface area contributed by atoms with Crippen molar-refractivity contribution < 1.29 is 22.7 Å². The lowest BCUT2D eigenvalue weighted by Crippen LogP contribution is -2.54. The van der Waals surface area contributed by atoms with Gasteiger partial charge >= 0.3 is 0 Å². The summed E-state index contributed by atoms with van der Waals surface area (Å²) < 4.78 is 44.9. The number of guanidine groups is 1. The zero-order valence-corrected chi connectivity index (χ0v) is 21.5. The fraction of sp³-hybridized carbons (Fsp3) is 0.650. The molecule has 0 aliphatic carbocycles. The van der Waals surface area contributed by atoms with E-state index in [0.29, 0.717) is 44.2 Å². The first kappa shape index (κ1) is 28.0. The summed E-state index contributed by atoms with van der Waals surface area (Å²) in [5.74, 6) is 0.244. The third-order valence-corrected chi connectivity index (χ3v) is 6.56. The highest BCUT2D eigenvalue weighted by Crippen LogP contribution is 2.14. The molecule has 1 aliphatic heterocycles. The van der Waals surface area contributed by atoms with Gasteiger partial charge in [-0.1, -0.05) is 12.1 Å². The van der Waals surface area contributed by atoms with Crippen molar-refractivity contribution in [2.45, 2.75) is 33.0 Å². The largest absolute Gasteiger partial charge is 0.386 e. The minimum Gasteiger partial charge on any atom is -0.386 e.